The molecule has 5 aromatic rings. The van der Waals surface area contributed by atoms with Gasteiger partial charge in [-0.25, -0.2) is 0 Å². The van der Waals surface area contributed by atoms with E-state index < -0.39 is 26.8 Å². The van der Waals surface area contributed by atoms with Crippen LogP contribution in [0.15, 0.2) is 175 Å². The molecule has 0 spiro atoms. The molecule has 0 amide bonds. The lowest BCUT2D eigenvalue weighted by atomic mass is 9.84. The van der Waals surface area contributed by atoms with Crippen molar-refractivity contribution in [1.82, 2.24) is 0 Å². The molecular weight excluding hydrogens is 877 g/mol. The summed E-state index contributed by atoms with van der Waals surface area (Å²) in [6.45, 7) is 16.8. The standard InChI is InChI=1S/C31H36O5SSi.C24H30O3Si/c1-23-15-17-24(18-16-23)37(32,33)34-21-27-28(30-20-19-29(27)36-30)22-35-38(31(2,3)4,25-11-7-5-8-12-25)26-13-9-6-10-14-26;1-24(2,3)28(18-10-6-4-7-11-18,19-12-8-5-9-13-19)26-17-21-20(16-25)22-14-15-23(21)27-22/h5-20,27-30H,21-22H2,1-4H3;4-15,20-23,25H,16-17H2,1-3H3/t27-,28+,29+,30-;20-,21+,22+,23-/m00/s1. The molecular formula is C55H66O8SSi2. The number of aliphatic hydroxyl groups excluding tert-OH is 1. The predicted molar refractivity (Wildman–Crippen MR) is 268 cm³/mol. The van der Waals surface area contributed by atoms with Gasteiger partial charge in [0.25, 0.3) is 26.8 Å². The Hall–Kier alpha value is -4.28. The molecule has 2 fully saturated rings. The zero-order valence-corrected chi connectivity index (χ0v) is 42.1. The molecule has 1 N–H and O–H groups in total. The third-order valence-electron chi connectivity index (χ3n) is 14.2. The molecule has 4 bridgehead atoms. The zero-order valence-electron chi connectivity index (χ0n) is 39.3. The highest BCUT2D eigenvalue weighted by Gasteiger charge is 2.54. The van der Waals surface area contributed by atoms with Crippen LogP contribution in [-0.2, 0) is 32.6 Å². The van der Waals surface area contributed by atoms with E-state index in [0.717, 1.165) is 5.56 Å². The summed E-state index contributed by atoms with van der Waals surface area (Å²) in [5.74, 6) is 0.179. The van der Waals surface area contributed by atoms with Crippen LogP contribution < -0.4 is 20.7 Å². The Bertz CT molecular complexity index is 2450. The number of hydrogen-bond acceptors (Lipinski definition) is 8. The molecule has 0 radical (unpaired) electrons. The fourth-order valence-corrected chi connectivity index (χ4v) is 20.9. The molecule has 0 saturated carbocycles. The van der Waals surface area contributed by atoms with E-state index in [0.29, 0.717) is 13.2 Å². The predicted octanol–water partition coefficient (Wildman–Crippen LogP) is 7.97. The molecule has 9 rings (SSSR count). The average Bonchev–Trinajstić information content (AvgIpc) is 4.13. The summed E-state index contributed by atoms with van der Waals surface area (Å²) >= 11 is 0. The van der Waals surface area contributed by atoms with Crippen molar-refractivity contribution in [2.75, 3.05) is 26.4 Å². The molecule has 8 atom stereocenters. The second kappa shape index (κ2) is 19.7. The maximum Gasteiger partial charge on any atom is 0.296 e. The van der Waals surface area contributed by atoms with Crippen LogP contribution in [0.1, 0.15) is 47.1 Å². The van der Waals surface area contributed by atoms with Gasteiger partial charge in [-0.2, -0.15) is 8.42 Å². The smallest absolute Gasteiger partial charge is 0.296 e. The normalized spacial score (nSPS) is 24.7. The number of ether oxygens (including phenoxy) is 2. The Kier molecular flexibility index (Phi) is 14.4. The zero-order chi connectivity index (χ0) is 46.7. The summed E-state index contributed by atoms with van der Waals surface area (Å²) in [5.41, 5.74) is 0.996. The number of hydrogen-bond donors (Lipinski definition) is 1. The van der Waals surface area contributed by atoms with Crippen molar-refractivity contribution in [3.05, 3.63) is 175 Å². The molecule has 0 unspecified atom stereocenters. The quantitative estimate of drug-likeness (QED) is 0.0642. The monoisotopic (exact) mass is 942 g/mol. The largest absolute Gasteiger partial charge is 0.407 e. The first kappa shape index (κ1) is 48.2. The van der Waals surface area contributed by atoms with Gasteiger partial charge in [-0.15, -0.1) is 0 Å². The van der Waals surface area contributed by atoms with Crippen molar-refractivity contribution < 1.29 is 36.0 Å². The topological polar surface area (TPSA) is 101 Å². The van der Waals surface area contributed by atoms with Crippen molar-refractivity contribution in [2.24, 2.45) is 23.7 Å². The van der Waals surface area contributed by atoms with Gasteiger partial charge < -0.3 is 23.4 Å². The SMILES string of the molecule is CC(C)(C)[Si](OC[C@@H]1[C@H](CO)[C@H]2C=C[C@@H]1O2)(c1ccccc1)c1ccccc1.Cc1ccc(S(=O)(=O)OC[C@H]2[C@@H](CO[Si](c3ccccc3)(c3ccccc3)C(C)(C)C)[C@@H]3C=C[C@H]2O3)cc1. The Morgan fingerprint density at radius 2 is 0.803 bits per heavy atom. The molecule has 0 aromatic heterocycles. The first-order valence-electron chi connectivity index (χ1n) is 23.3. The minimum Gasteiger partial charge on any atom is -0.407 e. The van der Waals surface area contributed by atoms with E-state index in [-0.39, 0.29) is 76.3 Å². The molecule has 4 heterocycles. The van der Waals surface area contributed by atoms with E-state index in [1.54, 1.807) is 24.3 Å². The molecule has 0 aliphatic carbocycles. The summed E-state index contributed by atoms with van der Waals surface area (Å²) in [4.78, 5) is 0.169. The van der Waals surface area contributed by atoms with Crippen molar-refractivity contribution in [3.63, 3.8) is 0 Å². The average molecular weight is 943 g/mol. The fourth-order valence-electron chi connectivity index (χ4n) is 10.7. The third-order valence-corrected chi connectivity index (χ3v) is 25.5. The van der Waals surface area contributed by atoms with E-state index in [1.165, 1.54) is 20.7 Å². The Morgan fingerprint density at radius 1 is 0.485 bits per heavy atom. The van der Waals surface area contributed by atoms with Gasteiger partial charge in [-0.1, -0.05) is 205 Å². The number of aliphatic hydroxyl groups is 1. The minimum absolute atomic E-state index is 0.0140. The number of benzene rings is 5. The highest BCUT2D eigenvalue weighted by Crippen LogP contribution is 2.44. The van der Waals surface area contributed by atoms with Crippen molar-refractivity contribution >= 4 is 47.5 Å². The van der Waals surface area contributed by atoms with Crippen molar-refractivity contribution in [1.29, 1.82) is 0 Å². The molecule has 4 aliphatic rings. The molecule has 4 aliphatic heterocycles. The second-order valence-corrected chi connectivity index (χ2v) is 30.5. The lowest BCUT2D eigenvalue weighted by Crippen LogP contribution is -2.67. The van der Waals surface area contributed by atoms with Crippen LogP contribution >= 0.6 is 0 Å². The van der Waals surface area contributed by atoms with Gasteiger partial charge in [0.2, 0.25) is 0 Å². The number of fused-ring (bicyclic) bond motifs is 4. The van der Waals surface area contributed by atoms with Gasteiger partial charge in [0, 0.05) is 43.5 Å². The minimum atomic E-state index is -3.87. The Balaban J connectivity index is 0.000000188. The van der Waals surface area contributed by atoms with Crippen LogP contribution in [0.4, 0.5) is 0 Å². The third kappa shape index (κ3) is 9.44. The molecule has 2 saturated heterocycles. The lowest BCUT2D eigenvalue weighted by molar-refractivity contribution is 0.0915. The number of rotatable bonds is 15. The molecule has 8 nitrogen and oxygen atoms in total. The van der Waals surface area contributed by atoms with E-state index in [1.807, 2.05) is 25.1 Å². The molecule has 11 heteroatoms. The summed E-state index contributed by atoms with van der Waals surface area (Å²) in [6, 6.07) is 49.2. The Labute approximate surface area is 395 Å². The summed E-state index contributed by atoms with van der Waals surface area (Å²) in [6.07, 6.45) is 8.12. The van der Waals surface area contributed by atoms with Gasteiger partial charge in [-0.3, -0.25) is 4.18 Å². The van der Waals surface area contributed by atoms with Crippen LogP contribution in [0.5, 0.6) is 0 Å². The fraction of sp³-hybridized carbons (Fsp3) is 0.382. The van der Waals surface area contributed by atoms with Gasteiger partial charge in [0.15, 0.2) is 0 Å². The molecule has 5 aromatic carbocycles. The Morgan fingerprint density at radius 3 is 1.14 bits per heavy atom. The van der Waals surface area contributed by atoms with Crippen LogP contribution in [0, 0.1) is 30.6 Å². The summed E-state index contributed by atoms with van der Waals surface area (Å²) in [5, 5.41) is 14.7. The van der Waals surface area contributed by atoms with Gasteiger partial charge in [0.05, 0.1) is 35.9 Å². The van der Waals surface area contributed by atoms with Gasteiger partial charge in [-0.05, 0) is 49.9 Å². The highest BCUT2D eigenvalue weighted by atomic mass is 32.2. The van der Waals surface area contributed by atoms with Crippen LogP contribution in [0.2, 0.25) is 10.1 Å². The van der Waals surface area contributed by atoms with Gasteiger partial charge in [0.1, 0.15) is 0 Å². The van der Waals surface area contributed by atoms with Gasteiger partial charge >= 0.3 is 0 Å². The molecule has 348 valence electrons. The van der Waals surface area contributed by atoms with Crippen LogP contribution in [-0.4, -0.2) is 81.0 Å². The van der Waals surface area contributed by atoms with E-state index in [4.69, 9.17) is 22.5 Å². The van der Waals surface area contributed by atoms with Crippen molar-refractivity contribution in [2.45, 2.75) is 87.9 Å². The first-order chi connectivity index (χ1) is 31.6. The van der Waals surface area contributed by atoms with Crippen LogP contribution in [0.3, 0.4) is 0 Å². The molecule has 66 heavy (non-hydrogen) atoms. The van der Waals surface area contributed by atoms with E-state index in [9.17, 15) is 13.5 Å². The van der Waals surface area contributed by atoms with Crippen molar-refractivity contribution in [3.8, 4) is 0 Å². The van der Waals surface area contributed by atoms with E-state index >= 15 is 0 Å². The maximum absolute atomic E-state index is 12.9. The highest BCUT2D eigenvalue weighted by molar-refractivity contribution is 7.86. The lowest BCUT2D eigenvalue weighted by Gasteiger charge is -2.44. The summed E-state index contributed by atoms with van der Waals surface area (Å²) < 4.78 is 57.9. The van der Waals surface area contributed by atoms with E-state index in [2.05, 4.69) is 169 Å². The first-order valence-corrected chi connectivity index (χ1v) is 28.6. The number of aryl methyl sites for hydroxylation is 1. The van der Waals surface area contributed by atoms with Crippen LogP contribution in [0.25, 0.3) is 0 Å². The second-order valence-electron chi connectivity index (χ2n) is 20.2. The maximum atomic E-state index is 12.9. The summed E-state index contributed by atoms with van der Waals surface area (Å²) in [7, 11) is -9.15.